The molecule has 358 valence electrons. The molecule has 1 aromatic carbocycles. The highest BCUT2D eigenvalue weighted by Gasteiger charge is 2.54. The Morgan fingerprint density at radius 2 is 0.918 bits per heavy atom. The van der Waals surface area contributed by atoms with Crippen molar-refractivity contribution in [3.05, 3.63) is 35.9 Å². The van der Waals surface area contributed by atoms with Crippen LogP contribution in [-0.2, 0) is 29.0 Å². The Hall–Kier alpha value is 0.588. The van der Waals surface area contributed by atoms with Gasteiger partial charge in [0, 0.05) is 17.8 Å². The predicted molar refractivity (Wildman–Crippen MR) is 284 cm³/mol. The molecule has 0 N–H and O–H groups in total. The summed E-state index contributed by atoms with van der Waals surface area (Å²) in [7, 11) is -8.73. The molecule has 7 atom stereocenters. The topological polar surface area (TPSA) is 46.2 Å². The van der Waals surface area contributed by atoms with Gasteiger partial charge in [-0.1, -0.05) is 148 Å². The van der Waals surface area contributed by atoms with Gasteiger partial charge >= 0.3 is 0 Å². The van der Waals surface area contributed by atoms with Crippen molar-refractivity contribution in [1.29, 1.82) is 0 Å². The Kier molecular flexibility index (Phi) is 20.5. The lowest BCUT2D eigenvalue weighted by Crippen LogP contribution is -2.57. The Morgan fingerprint density at radius 3 is 1.33 bits per heavy atom. The highest BCUT2D eigenvalue weighted by Crippen LogP contribution is 2.56. The van der Waals surface area contributed by atoms with E-state index in [0.717, 1.165) is 17.9 Å². The van der Waals surface area contributed by atoms with Gasteiger partial charge in [-0.15, -0.1) is 23.5 Å². The Bertz CT molecular complexity index is 1450. The third-order valence-corrected chi connectivity index (χ3v) is 37.6. The zero-order valence-electron chi connectivity index (χ0n) is 44.6. The van der Waals surface area contributed by atoms with Crippen LogP contribution in [-0.4, -0.2) is 79.9 Å². The van der Waals surface area contributed by atoms with Gasteiger partial charge < -0.3 is 22.4 Å². The molecule has 0 radical (unpaired) electrons. The van der Waals surface area contributed by atoms with Crippen molar-refractivity contribution in [2.75, 3.05) is 18.1 Å². The maximum Gasteiger partial charge on any atom is 0.192 e. The maximum absolute atomic E-state index is 7.88. The Balaban J connectivity index is 2.86. The van der Waals surface area contributed by atoms with Crippen molar-refractivity contribution in [3.63, 3.8) is 0 Å². The monoisotopic (exact) mass is 957 g/mol. The van der Waals surface area contributed by atoms with Crippen molar-refractivity contribution >= 4 is 56.8 Å². The minimum atomic E-state index is -2.26. The van der Waals surface area contributed by atoms with E-state index in [2.05, 4.69) is 224 Å². The molecular formula is C50H100O5S2Si4. The maximum atomic E-state index is 7.88. The van der Waals surface area contributed by atoms with E-state index in [0.29, 0.717) is 19.1 Å². The molecule has 2 rings (SSSR count). The molecular weight excluding hydrogens is 857 g/mol. The molecule has 1 aromatic rings. The fourth-order valence-corrected chi connectivity index (χ4v) is 16.7. The lowest BCUT2D eigenvalue weighted by atomic mass is 9.82. The number of hydrogen-bond acceptors (Lipinski definition) is 7. The number of ether oxygens (including phenoxy) is 1. The van der Waals surface area contributed by atoms with Gasteiger partial charge in [-0.3, -0.25) is 0 Å². The molecule has 1 aliphatic rings. The van der Waals surface area contributed by atoms with Crippen LogP contribution in [0.1, 0.15) is 136 Å². The summed E-state index contributed by atoms with van der Waals surface area (Å²) in [6, 6.07) is 10.6. The van der Waals surface area contributed by atoms with E-state index in [1.165, 1.54) is 12.0 Å². The smallest absolute Gasteiger partial charge is 0.192 e. The summed E-state index contributed by atoms with van der Waals surface area (Å²) >= 11 is 4.39. The number of rotatable bonds is 21. The first-order chi connectivity index (χ1) is 27.3. The summed E-state index contributed by atoms with van der Waals surface area (Å²) in [6.07, 6.45) is 2.18. The van der Waals surface area contributed by atoms with Crippen molar-refractivity contribution in [2.45, 2.75) is 238 Å². The summed E-state index contributed by atoms with van der Waals surface area (Å²) in [4.78, 5) is 0. The average molecular weight is 958 g/mol. The van der Waals surface area contributed by atoms with E-state index in [1.54, 1.807) is 0 Å². The van der Waals surface area contributed by atoms with Crippen molar-refractivity contribution < 1.29 is 22.4 Å². The highest BCUT2D eigenvalue weighted by atomic mass is 32.2. The molecule has 1 saturated heterocycles. The van der Waals surface area contributed by atoms with Gasteiger partial charge in [0.2, 0.25) is 0 Å². The first-order valence-electron chi connectivity index (χ1n) is 23.9. The van der Waals surface area contributed by atoms with Gasteiger partial charge in [-0.2, -0.15) is 0 Å². The minimum absolute atomic E-state index is 0.0379. The number of thioether (sulfide) groups is 2. The molecule has 0 bridgehead atoms. The van der Waals surface area contributed by atoms with Crippen LogP contribution in [0.5, 0.6) is 0 Å². The largest absolute Gasteiger partial charge is 0.413 e. The minimum Gasteiger partial charge on any atom is -0.413 e. The van der Waals surface area contributed by atoms with E-state index >= 15 is 0 Å². The summed E-state index contributed by atoms with van der Waals surface area (Å²) in [5, 5.41) is 0.323. The normalized spacial score (nSPS) is 20.2. The van der Waals surface area contributed by atoms with Crippen LogP contribution in [0, 0.1) is 23.7 Å². The van der Waals surface area contributed by atoms with Gasteiger partial charge in [-0.25, -0.2) is 0 Å². The fraction of sp³-hybridized carbons (Fsp3) is 0.880. The van der Waals surface area contributed by atoms with E-state index in [9.17, 15) is 0 Å². The first-order valence-corrected chi connectivity index (χ1v) is 37.5. The number of benzene rings is 1. The number of hydrogen-bond donors (Lipinski definition) is 0. The first kappa shape index (κ1) is 57.7. The van der Waals surface area contributed by atoms with Crippen LogP contribution in [0.3, 0.4) is 0 Å². The lowest BCUT2D eigenvalue weighted by Gasteiger charge is -2.53. The molecule has 0 aliphatic carbocycles. The molecule has 11 heteroatoms. The van der Waals surface area contributed by atoms with Gasteiger partial charge in [0.05, 0.1) is 41.7 Å². The second-order valence-electron chi connectivity index (χ2n) is 25.3. The Morgan fingerprint density at radius 1 is 0.541 bits per heavy atom. The lowest BCUT2D eigenvalue weighted by molar-refractivity contribution is -0.0439. The van der Waals surface area contributed by atoms with Crippen LogP contribution >= 0.6 is 23.5 Å². The van der Waals surface area contributed by atoms with E-state index in [1.807, 2.05) is 0 Å². The van der Waals surface area contributed by atoms with Crippen molar-refractivity contribution in [1.82, 2.24) is 0 Å². The van der Waals surface area contributed by atoms with E-state index < -0.39 is 33.3 Å². The molecule has 0 amide bonds. The van der Waals surface area contributed by atoms with Crippen LogP contribution in [0.4, 0.5) is 0 Å². The molecule has 0 saturated carbocycles. The third kappa shape index (κ3) is 15.6. The van der Waals surface area contributed by atoms with Crippen LogP contribution < -0.4 is 0 Å². The van der Waals surface area contributed by atoms with Gasteiger partial charge in [0.25, 0.3) is 0 Å². The molecule has 5 nitrogen and oxygen atoms in total. The molecule has 0 spiro atoms. The molecule has 1 aliphatic heterocycles. The van der Waals surface area contributed by atoms with Gasteiger partial charge in [0.15, 0.2) is 33.3 Å². The second kappa shape index (κ2) is 21.7. The summed E-state index contributed by atoms with van der Waals surface area (Å²) in [5.74, 6) is 3.19. The zero-order chi connectivity index (χ0) is 47.4. The average Bonchev–Trinajstić information content (AvgIpc) is 3.10. The van der Waals surface area contributed by atoms with E-state index in [4.69, 9.17) is 22.4 Å². The van der Waals surface area contributed by atoms with Crippen molar-refractivity contribution in [2.24, 2.45) is 23.7 Å². The quantitative estimate of drug-likeness (QED) is 0.114. The summed E-state index contributed by atoms with van der Waals surface area (Å²) in [6.45, 7) is 61.2. The second-order valence-corrected chi connectivity index (χ2v) is 47.5. The van der Waals surface area contributed by atoms with Crippen LogP contribution in [0.2, 0.25) is 72.5 Å². The highest BCUT2D eigenvalue weighted by molar-refractivity contribution is 8.18. The molecule has 61 heavy (non-hydrogen) atoms. The van der Waals surface area contributed by atoms with Crippen LogP contribution in [0.25, 0.3) is 0 Å². The molecule has 0 unspecified atom stereocenters. The molecule has 1 fully saturated rings. The Labute approximate surface area is 392 Å². The molecule has 0 aromatic heterocycles. The van der Waals surface area contributed by atoms with Gasteiger partial charge in [0.1, 0.15) is 0 Å². The third-order valence-electron chi connectivity index (χ3n) is 15.9. The zero-order valence-corrected chi connectivity index (χ0v) is 50.2. The van der Waals surface area contributed by atoms with E-state index in [-0.39, 0.29) is 66.4 Å². The standard InChI is InChI=1S/C50H100O5S2Si4/c1-37(2)44(54-60(22,23)48(12,13)14)38(3)42(52-58(18,19)46(6,7)8)34-50(56-32-29-33-57-50)40(5)45(55-61(24,25)49(15,16)17)39(4)43(53-59(20,21)47(9,10)11)36-51-35-41-30-27-26-28-31-41/h26-28,30-31,37-40,42-45H,29,32-36H2,1-25H3/t38-,39+,40-,42+,43-,44+,45+/m0/s1. The summed E-state index contributed by atoms with van der Waals surface area (Å²) < 4.78 is 37.2. The van der Waals surface area contributed by atoms with Crippen LogP contribution in [0.15, 0.2) is 30.3 Å². The van der Waals surface area contributed by atoms with Gasteiger partial charge in [-0.05, 0) is 108 Å². The molecule has 1 heterocycles. The summed E-state index contributed by atoms with van der Waals surface area (Å²) in [5.41, 5.74) is 1.19. The fourth-order valence-electron chi connectivity index (χ4n) is 7.27. The predicted octanol–water partition coefficient (Wildman–Crippen LogP) is 16.3. The SMILES string of the molecule is CC(C)[C@@H](O[Si](C)(C)C(C)(C)C)[C@@H](C)[C@@H](CC1([C@@H](C)[C@H](O[Si](C)(C)C(C)(C)C)[C@H](C)[C@H](COCc2ccccc2)O[Si](C)(C)C(C)(C)C)SCCCS1)O[Si](C)(C)C(C)(C)C. The van der Waals surface area contributed by atoms with Crippen molar-refractivity contribution in [3.8, 4) is 0 Å².